The second-order valence-corrected chi connectivity index (χ2v) is 9.93. The minimum atomic E-state index is -3.92. The fourth-order valence-corrected chi connectivity index (χ4v) is 5.91. The zero-order valence-corrected chi connectivity index (χ0v) is 17.0. The van der Waals surface area contributed by atoms with Crippen molar-refractivity contribution in [2.75, 3.05) is 12.3 Å². The summed E-state index contributed by atoms with van der Waals surface area (Å²) >= 11 is 9.05. The van der Waals surface area contributed by atoms with Gasteiger partial charge in [-0.15, -0.1) is 11.3 Å². The third-order valence-corrected chi connectivity index (χ3v) is 7.74. The van der Waals surface area contributed by atoms with Crippen LogP contribution in [0.2, 0.25) is 5.02 Å². The van der Waals surface area contributed by atoms with Crippen LogP contribution in [0.25, 0.3) is 10.2 Å². The quantitative estimate of drug-likeness (QED) is 0.241. The average Bonchev–Trinajstić information content (AvgIpc) is 3.04. The van der Waals surface area contributed by atoms with Crippen molar-refractivity contribution < 1.29 is 13.3 Å². The fourth-order valence-electron chi connectivity index (χ4n) is 2.24. The third kappa shape index (κ3) is 4.96. The molecule has 0 amide bonds. The molecule has 3 aromatic rings. The monoisotopic (exact) mass is 443 g/mol. The smallest absolute Gasteiger partial charge is 0.258 e. The lowest BCUT2D eigenvalue weighted by Crippen LogP contribution is -2.25. The maximum absolute atomic E-state index is 12.3. The van der Waals surface area contributed by atoms with Crippen LogP contribution in [-0.4, -0.2) is 30.6 Å². The molecule has 11 heteroatoms. The van der Waals surface area contributed by atoms with Crippen molar-refractivity contribution in [2.24, 2.45) is 0 Å². The Balaban J connectivity index is 1.55. The first-order valence-electron chi connectivity index (χ1n) is 7.79. The molecule has 0 atom stereocenters. The Bertz CT molecular complexity index is 1050. The van der Waals surface area contributed by atoms with E-state index in [1.165, 1.54) is 6.07 Å². The summed E-state index contributed by atoms with van der Waals surface area (Å²) in [6, 6.07) is 11.2. The van der Waals surface area contributed by atoms with E-state index in [4.69, 9.17) is 11.6 Å². The SMILES string of the molecule is O=[N+]([O-])c1ccc(Cl)c(S(=O)(=O)NCCCSc2nc3ccccc3s2)c1. The number of nitro groups is 1. The number of nitrogens with zero attached hydrogens (tertiary/aromatic N) is 2. The lowest BCUT2D eigenvalue weighted by molar-refractivity contribution is -0.385. The highest BCUT2D eigenvalue weighted by molar-refractivity contribution is 8.01. The predicted molar refractivity (Wildman–Crippen MR) is 108 cm³/mol. The molecule has 0 aliphatic rings. The third-order valence-electron chi connectivity index (χ3n) is 3.53. The van der Waals surface area contributed by atoms with Crippen molar-refractivity contribution in [3.8, 4) is 0 Å². The number of benzene rings is 2. The van der Waals surface area contributed by atoms with Crippen LogP contribution >= 0.6 is 34.7 Å². The summed E-state index contributed by atoms with van der Waals surface area (Å²) in [5.41, 5.74) is 0.622. The molecule has 0 fully saturated rings. The topological polar surface area (TPSA) is 102 Å². The molecule has 0 unspecified atom stereocenters. The molecule has 0 saturated carbocycles. The second kappa shape index (κ2) is 8.53. The van der Waals surface area contributed by atoms with Gasteiger partial charge in [-0.25, -0.2) is 18.1 Å². The number of halogens is 1. The first-order chi connectivity index (χ1) is 12.9. The number of hydrogen-bond acceptors (Lipinski definition) is 7. The minimum absolute atomic E-state index is 0.0584. The number of fused-ring (bicyclic) bond motifs is 1. The van der Waals surface area contributed by atoms with Gasteiger partial charge in [0.1, 0.15) is 4.90 Å². The van der Waals surface area contributed by atoms with E-state index in [9.17, 15) is 18.5 Å². The summed E-state index contributed by atoms with van der Waals surface area (Å²) in [6.45, 7) is 0.194. The Morgan fingerprint density at radius 1 is 1.26 bits per heavy atom. The van der Waals surface area contributed by atoms with E-state index in [0.29, 0.717) is 12.2 Å². The molecule has 1 heterocycles. The molecule has 0 bridgehead atoms. The van der Waals surface area contributed by atoms with Crippen molar-refractivity contribution in [1.29, 1.82) is 0 Å². The van der Waals surface area contributed by atoms with E-state index < -0.39 is 14.9 Å². The van der Waals surface area contributed by atoms with Crippen molar-refractivity contribution in [3.05, 3.63) is 57.6 Å². The van der Waals surface area contributed by atoms with Gasteiger partial charge in [0.15, 0.2) is 4.34 Å². The summed E-state index contributed by atoms with van der Waals surface area (Å²) < 4.78 is 29.2. The van der Waals surface area contributed by atoms with Gasteiger partial charge in [0.05, 0.1) is 20.2 Å². The zero-order valence-electron chi connectivity index (χ0n) is 13.8. The highest BCUT2D eigenvalue weighted by atomic mass is 35.5. The normalized spacial score (nSPS) is 11.7. The number of non-ortho nitro benzene ring substituents is 1. The molecule has 0 saturated heterocycles. The Kier molecular flexibility index (Phi) is 6.33. The standard InChI is InChI=1S/C16H14ClN3O4S3/c17-12-7-6-11(20(21)22)10-15(12)27(23,24)18-8-3-9-25-16-19-13-4-1-2-5-14(13)26-16/h1-2,4-7,10,18H,3,8-9H2. The van der Waals surface area contributed by atoms with Crippen LogP contribution in [0.1, 0.15) is 6.42 Å². The van der Waals surface area contributed by atoms with Gasteiger partial charge >= 0.3 is 0 Å². The number of aromatic nitrogens is 1. The molecule has 2 aromatic carbocycles. The summed E-state index contributed by atoms with van der Waals surface area (Å²) in [4.78, 5) is 14.4. The summed E-state index contributed by atoms with van der Waals surface area (Å²) in [5, 5.41) is 10.8. The summed E-state index contributed by atoms with van der Waals surface area (Å²) in [6.07, 6.45) is 0.576. The Morgan fingerprint density at radius 3 is 2.78 bits per heavy atom. The number of para-hydroxylation sites is 1. The van der Waals surface area contributed by atoms with Crippen LogP contribution in [0, 0.1) is 10.1 Å². The van der Waals surface area contributed by atoms with Crippen molar-refractivity contribution >= 4 is 60.6 Å². The molecule has 27 heavy (non-hydrogen) atoms. The molecular weight excluding hydrogens is 430 g/mol. The Hall–Kier alpha value is -1.72. The van der Waals surface area contributed by atoms with E-state index in [1.807, 2.05) is 24.3 Å². The largest absolute Gasteiger partial charge is 0.270 e. The maximum atomic E-state index is 12.3. The van der Waals surface area contributed by atoms with Gasteiger partial charge in [-0.1, -0.05) is 35.5 Å². The molecular formula is C16H14ClN3O4S3. The van der Waals surface area contributed by atoms with Gasteiger partial charge in [0, 0.05) is 24.4 Å². The number of hydrogen-bond donors (Lipinski definition) is 1. The van der Waals surface area contributed by atoms with Crippen LogP contribution in [0.3, 0.4) is 0 Å². The van der Waals surface area contributed by atoms with Crippen LogP contribution < -0.4 is 4.72 Å². The summed E-state index contributed by atoms with van der Waals surface area (Å²) in [7, 11) is -3.92. The van der Waals surface area contributed by atoms with Gasteiger partial charge < -0.3 is 0 Å². The van der Waals surface area contributed by atoms with Gasteiger partial charge in [0.2, 0.25) is 10.0 Å². The fraction of sp³-hybridized carbons (Fsp3) is 0.188. The Labute approximate surface area is 169 Å². The number of sulfonamides is 1. The van der Waals surface area contributed by atoms with Crippen LogP contribution in [-0.2, 0) is 10.0 Å². The zero-order chi connectivity index (χ0) is 19.4. The highest BCUT2D eigenvalue weighted by Gasteiger charge is 2.21. The molecule has 0 spiro atoms. The van der Waals surface area contributed by atoms with E-state index >= 15 is 0 Å². The molecule has 1 aromatic heterocycles. The first kappa shape index (κ1) is 20.0. The van der Waals surface area contributed by atoms with Crippen LogP contribution in [0.15, 0.2) is 51.7 Å². The molecule has 1 N–H and O–H groups in total. The van der Waals surface area contributed by atoms with Gasteiger partial charge in [-0.3, -0.25) is 10.1 Å². The van der Waals surface area contributed by atoms with Crippen LogP contribution in [0.4, 0.5) is 5.69 Å². The average molecular weight is 444 g/mol. The predicted octanol–water partition coefficient (Wildman–Crippen LogP) is 4.32. The number of nitro benzene ring substituents is 1. The lowest BCUT2D eigenvalue weighted by Gasteiger charge is -2.08. The molecule has 0 radical (unpaired) electrons. The maximum Gasteiger partial charge on any atom is 0.270 e. The highest BCUT2D eigenvalue weighted by Crippen LogP contribution is 2.29. The van der Waals surface area contributed by atoms with Crippen LogP contribution in [0.5, 0.6) is 0 Å². The van der Waals surface area contributed by atoms with Gasteiger partial charge in [-0.05, 0) is 24.6 Å². The van der Waals surface area contributed by atoms with Gasteiger partial charge in [-0.2, -0.15) is 0 Å². The van der Waals surface area contributed by atoms with Gasteiger partial charge in [0.25, 0.3) is 5.69 Å². The minimum Gasteiger partial charge on any atom is -0.258 e. The van der Waals surface area contributed by atoms with E-state index in [1.54, 1.807) is 23.1 Å². The van der Waals surface area contributed by atoms with E-state index in [2.05, 4.69) is 9.71 Å². The van der Waals surface area contributed by atoms with E-state index in [-0.39, 0.29) is 22.2 Å². The summed E-state index contributed by atoms with van der Waals surface area (Å²) in [5.74, 6) is 0.686. The number of thiazole rings is 1. The molecule has 142 valence electrons. The van der Waals surface area contributed by atoms with E-state index in [0.717, 1.165) is 26.7 Å². The molecule has 7 nitrogen and oxygen atoms in total. The molecule has 0 aliphatic heterocycles. The first-order valence-corrected chi connectivity index (χ1v) is 11.4. The molecule has 3 rings (SSSR count). The number of nitrogens with one attached hydrogen (secondary N) is 1. The van der Waals surface area contributed by atoms with Crippen molar-refractivity contribution in [3.63, 3.8) is 0 Å². The van der Waals surface area contributed by atoms with Crippen molar-refractivity contribution in [1.82, 2.24) is 9.71 Å². The second-order valence-electron chi connectivity index (χ2n) is 5.42. The number of thioether (sulfide) groups is 1. The van der Waals surface area contributed by atoms with Crippen molar-refractivity contribution in [2.45, 2.75) is 15.7 Å². The number of rotatable bonds is 8. The lowest BCUT2D eigenvalue weighted by atomic mass is 10.3. The molecule has 0 aliphatic carbocycles. The Morgan fingerprint density at radius 2 is 2.04 bits per heavy atom.